The van der Waals surface area contributed by atoms with Crippen LogP contribution in [0.4, 0.5) is 8.78 Å². The number of benzene rings is 2. The van der Waals surface area contributed by atoms with E-state index in [1.165, 1.54) is 18.2 Å². The number of aryl methyl sites for hydroxylation is 1. The average molecular weight is 344 g/mol. The van der Waals surface area contributed by atoms with Gasteiger partial charge < -0.3 is 4.90 Å². The molecule has 2 aromatic carbocycles. The van der Waals surface area contributed by atoms with Crippen molar-refractivity contribution >= 4 is 5.91 Å². The topological polar surface area (TPSA) is 23.6 Å². The minimum atomic E-state index is -0.468. The Morgan fingerprint density at radius 3 is 2.44 bits per heavy atom. The second-order valence-electron chi connectivity index (χ2n) is 6.35. The highest BCUT2D eigenvalue weighted by molar-refractivity contribution is 5.94. The second-order valence-corrected chi connectivity index (χ2v) is 6.35. The number of carbonyl (C=O) groups excluding carboxylic acids is 1. The number of nitrogens with zero attached hydrogens (tertiary/aromatic N) is 2. The van der Waals surface area contributed by atoms with E-state index in [-0.39, 0.29) is 17.3 Å². The Morgan fingerprint density at radius 1 is 0.960 bits per heavy atom. The van der Waals surface area contributed by atoms with Gasteiger partial charge in [0.2, 0.25) is 0 Å². The van der Waals surface area contributed by atoms with E-state index < -0.39 is 5.82 Å². The van der Waals surface area contributed by atoms with E-state index >= 15 is 0 Å². The molecule has 0 spiro atoms. The lowest BCUT2D eigenvalue weighted by Gasteiger charge is -2.34. The van der Waals surface area contributed by atoms with Crippen molar-refractivity contribution in [1.82, 2.24) is 9.80 Å². The molecule has 0 atom stereocenters. The van der Waals surface area contributed by atoms with E-state index in [1.54, 1.807) is 29.2 Å². The van der Waals surface area contributed by atoms with Crippen LogP contribution < -0.4 is 0 Å². The van der Waals surface area contributed by atoms with Gasteiger partial charge in [0.05, 0.1) is 5.56 Å². The first-order valence-corrected chi connectivity index (χ1v) is 8.64. The van der Waals surface area contributed by atoms with Gasteiger partial charge in [0.25, 0.3) is 5.91 Å². The van der Waals surface area contributed by atoms with Crippen LogP contribution in [0.5, 0.6) is 0 Å². The Hall–Kier alpha value is -2.27. The zero-order chi connectivity index (χ0) is 17.6. The van der Waals surface area contributed by atoms with Gasteiger partial charge in [-0.05, 0) is 49.2 Å². The first-order chi connectivity index (χ1) is 12.1. The zero-order valence-corrected chi connectivity index (χ0v) is 14.1. The third kappa shape index (κ3) is 4.63. The maximum absolute atomic E-state index is 13.7. The van der Waals surface area contributed by atoms with Crippen molar-refractivity contribution in [2.24, 2.45) is 0 Å². The quantitative estimate of drug-likeness (QED) is 0.830. The van der Waals surface area contributed by atoms with Gasteiger partial charge in [0.15, 0.2) is 0 Å². The molecule has 3 rings (SSSR count). The Kier molecular flexibility index (Phi) is 5.76. The van der Waals surface area contributed by atoms with Gasteiger partial charge in [-0.2, -0.15) is 0 Å². The van der Waals surface area contributed by atoms with Gasteiger partial charge in [-0.1, -0.05) is 24.3 Å². The molecule has 1 aliphatic heterocycles. The van der Waals surface area contributed by atoms with Crippen molar-refractivity contribution in [3.63, 3.8) is 0 Å². The number of piperazine rings is 1. The first-order valence-electron chi connectivity index (χ1n) is 8.64. The van der Waals surface area contributed by atoms with E-state index in [1.807, 2.05) is 6.07 Å². The number of carbonyl (C=O) groups is 1. The summed E-state index contributed by atoms with van der Waals surface area (Å²) in [7, 11) is 0. The maximum atomic E-state index is 13.7. The average Bonchev–Trinajstić information content (AvgIpc) is 2.62. The molecule has 0 unspecified atom stereocenters. The summed E-state index contributed by atoms with van der Waals surface area (Å²) in [6.45, 7) is 3.69. The molecular formula is C20H22F2N2O. The molecule has 0 radical (unpaired) electrons. The molecule has 1 amide bonds. The molecule has 3 nitrogen and oxygen atoms in total. The number of hydrogen-bond donors (Lipinski definition) is 0. The standard InChI is InChI=1S/C20H22F2N2O/c21-17-7-3-5-16(15-17)6-4-10-23-11-13-24(14-12-23)20(25)18-8-1-2-9-19(18)22/h1-3,5,7-9,15H,4,6,10-14H2. The van der Waals surface area contributed by atoms with E-state index in [0.29, 0.717) is 13.1 Å². The molecule has 1 saturated heterocycles. The molecule has 0 aliphatic carbocycles. The monoisotopic (exact) mass is 344 g/mol. The largest absolute Gasteiger partial charge is 0.336 e. The van der Waals surface area contributed by atoms with Crippen LogP contribution in [0, 0.1) is 11.6 Å². The molecule has 0 saturated carbocycles. The van der Waals surface area contributed by atoms with Crippen molar-refractivity contribution in [2.75, 3.05) is 32.7 Å². The zero-order valence-electron chi connectivity index (χ0n) is 14.1. The van der Waals surface area contributed by atoms with Gasteiger partial charge >= 0.3 is 0 Å². The molecule has 1 aliphatic rings. The fourth-order valence-corrected chi connectivity index (χ4v) is 3.18. The highest BCUT2D eigenvalue weighted by Crippen LogP contribution is 2.13. The van der Waals surface area contributed by atoms with Crippen LogP contribution in [0.1, 0.15) is 22.3 Å². The van der Waals surface area contributed by atoms with Gasteiger partial charge in [0.1, 0.15) is 11.6 Å². The molecule has 25 heavy (non-hydrogen) atoms. The fraction of sp³-hybridized carbons (Fsp3) is 0.350. The van der Waals surface area contributed by atoms with Crippen LogP contribution in [0.25, 0.3) is 0 Å². The summed E-state index contributed by atoms with van der Waals surface area (Å²) in [4.78, 5) is 16.4. The number of rotatable bonds is 5. The third-order valence-corrected chi connectivity index (χ3v) is 4.59. The van der Waals surface area contributed by atoms with Crippen molar-refractivity contribution in [3.8, 4) is 0 Å². The molecule has 0 bridgehead atoms. The molecular weight excluding hydrogens is 322 g/mol. The molecule has 0 aromatic heterocycles. The van der Waals surface area contributed by atoms with Crippen LogP contribution in [0.2, 0.25) is 0 Å². The molecule has 1 heterocycles. The summed E-state index contributed by atoms with van der Waals surface area (Å²) in [5.41, 5.74) is 1.15. The number of amides is 1. The fourth-order valence-electron chi connectivity index (χ4n) is 3.18. The van der Waals surface area contributed by atoms with E-state index in [4.69, 9.17) is 0 Å². The van der Waals surface area contributed by atoms with Gasteiger partial charge in [0, 0.05) is 26.2 Å². The molecule has 132 valence electrons. The van der Waals surface area contributed by atoms with Crippen molar-refractivity contribution < 1.29 is 13.6 Å². The maximum Gasteiger partial charge on any atom is 0.256 e. The van der Waals surface area contributed by atoms with E-state index in [9.17, 15) is 13.6 Å². The smallest absolute Gasteiger partial charge is 0.256 e. The SMILES string of the molecule is O=C(c1ccccc1F)N1CCN(CCCc2cccc(F)c2)CC1. The second kappa shape index (κ2) is 8.21. The lowest BCUT2D eigenvalue weighted by Crippen LogP contribution is -2.49. The van der Waals surface area contributed by atoms with Crippen molar-refractivity contribution in [3.05, 3.63) is 71.3 Å². The summed E-state index contributed by atoms with van der Waals surface area (Å²) in [6, 6.07) is 12.8. The highest BCUT2D eigenvalue weighted by atomic mass is 19.1. The van der Waals surface area contributed by atoms with Crippen molar-refractivity contribution in [2.45, 2.75) is 12.8 Å². The van der Waals surface area contributed by atoms with Crippen molar-refractivity contribution in [1.29, 1.82) is 0 Å². The molecule has 1 fully saturated rings. The lowest BCUT2D eigenvalue weighted by molar-refractivity contribution is 0.0631. The Morgan fingerprint density at radius 2 is 1.72 bits per heavy atom. The van der Waals surface area contributed by atoms with Gasteiger partial charge in [-0.25, -0.2) is 8.78 Å². The molecule has 5 heteroatoms. The summed E-state index contributed by atoms with van der Waals surface area (Å²) >= 11 is 0. The van der Waals surface area contributed by atoms with Crippen LogP contribution in [-0.4, -0.2) is 48.4 Å². The predicted octanol–water partition coefficient (Wildman–Crippen LogP) is 3.36. The minimum Gasteiger partial charge on any atom is -0.336 e. The normalized spacial score (nSPS) is 15.4. The predicted molar refractivity (Wildman–Crippen MR) is 93.5 cm³/mol. The summed E-state index contributed by atoms with van der Waals surface area (Å²) < 4.78 is 26.9. The van der Waals surface area contributed by atoms with Crippen LogP contribution >= 0.6 is 0 Å². The minimum absolute atomic E-state index is 0.141. The number of hydrogen-bond acceptors (Lipinski definition) is 2. The Balaban J connectivity index is 1.44. The highest BCUT2D eigenvalue weighted by Gasteiger charge is 2.23. The van der Waals surface area contributed by atoms with Crippen LogP contribution in [-0.2, 0) is 6.42 Å². The Labute approximate surface area is 146 Å². The summed E-state index contributed by atoms with van der Waals surface area (Å²) in [5, 5.41) is 0. The van der Waals surface area contributed by atoms with Crippen LogP contribution in [0.15, 0.2) is 48.5 Å². The summed E-state index contributed by atoms with van der Waals surface area (Å²) in [6.07, 6.45) is 1.79. The molecule has 2 aromatic rings. The van der Waals surface area contributed by atoms with Crippen LogP contribution in [0.3, 0.4) is 0 Å². The Bertz CT molecular complexity index is 727. The van der Waals surface area contributed by atoms with Gasteiger partial charge in [-0.3, -0.25) is 9.69 Å². The number of halogens is 2. The van der Waals surface area contributed by atoms with Gasteiger partial charge in [-0.15, -0.1) is 0 Å². The first kappa shape index (κ1) is 17.5. The van der Waals surface area contributed by atoms with E-state index in [2.05, 4.69) is 4.90 Å². The molecule has 0 N–H and O–H groups in total. The van der Waals surface area contributed by atoms with E-state index in [0.717, 1.165) is 38.0 Å². The third-order valence-electron chi connectivity index (χ3n) is 4.59. The summed E-state index contributed by atoms with van der Waals surface area (Å²) in [5.74, 6) is -0.902. The lowest BCUT2D eigenvalue weighted by atomic mass is 10.1.